The zero-order valence-electron chi connectivity index (χ0n) is 19.1. The Bertz CT molecular complexity index is 734. The van der Waals surface area contributed by atoms with Gasteiger partial charge in [0.05, 0.1) is 5.71 Å². The third kappa shape index (κ3) is 8.52. The SMILES string of the molecule is CCCCCCCC[C@@H](N=C(c1ccccc1)c1ccccc1)C(=O)OC(C)(C)C. The summed E-state index contributed by atoms with van der Waals surface area (Å²) in [4.78, 5) is 18.0. The number of unbranched alkanes of at least 4 members (excludes halogenated alkanes) is 5. The number of aliphatic imine (C=N–C) groups is 1. The molecule has 0 radical (unpaired) electrons. The average molecular weight is 408 g/mol. The Morgan fingerprint density at radius 1 is 0.833 bits per heavy atom. The predicted molar refractivity (Wildman–Crippen MR) is 126 cm³/mol. The number of nitrogens with zero attached hydrogens (tertiary/aromatic N) is 1. The van der Waals surface area contributed by atoms with Crippen molar-refractivity contribution in [3.05, 3.63) is 71.8 Å². The van der Waals surface area contributed by atoms with Crippen LogP contribution in [0.2, 0.25) is 0 Å². The van der Waals surface area contributed by atoms with E-state index in [-0.39, 0.29) is 5.97 Å². The van der Waals surface area contributed by atoms with Crippen LogP contribution < -0.4 is 0 Å². The van der Waals surface area contributed by atoms with Gasteiger partial charge in [-0.05, 0) is 27.2 Å². The highest BCUT2D eigenvalue weighted by molar-refractivity contribution is 6.13. The summed E-state index contributed by atoms with van der Waals surface area (Å²) in [5, 5.41) is 0. The molecule has 0 aliphatic rings. The summed E-state index contributed by atoms with van der Waals surface area (Å²) in [6, 6.07) is 19.7. The van der Waals surface area contributed by atoms with Gasteiger partial charge in [-0.1, -0.05) is 106 Å². The number of carbonyl (C=O) groups is 1. The number of hydrogen-bond donors (Lipinski definition) is 0. The third-order valence-electron chi connectivity index (χ3n) is 4.89. The van der Waals surface area contributed by atoms with Crippen molar-refractivity contribution in [2.45, 2.75) is 84.3 Å². The van der Waals surface area contributed by atoms with Crippen molar-refractivity contribution < 1.29 is 9.53 Å². The molecule has 0 aliphatic heterocycles. The zero-order chi connectivity index (χ0) is 21.8. The number of ether oxygens (including phenoxy) is 1. The summed E-state index contributed by atoms with van der Waals surface area (Å²) in [6.07, 6.45) is 7.81. The molecule has 0 spiro atoms. The zero-order valence-corrected chi connectivity index (χ0v) is 19.1. The highest BCUT2D eigenvalue weighted by atomic mass is 16.6. The quantitative estimate of drug-likeness (QED) is 0.229. The van der Waals surface area contributed by atoms with Gasteiger partial charge in [0.2, 0.25) is 0 Å². The van der Waals surface area contributed by atoms with Gasteiger partial charge in [-0.25, -0.2) is 4.79 Å². The van der Waals surface area contributed by atoms with Gasteiger partial charge in [0.25, 0.3) is 0 Å². The lowest BCUT2D eigenvalue weighted by Gasteiger charge is -2.23. The fraction of sp³-hybridized carbons (Fsp3) is 0.481. The van der Waals surface area contributed by atoms with Gasteiger partial charge in [-0.15, -0.1) is 0 Å². The van der Waals surface area contributed by atoms with Gasteiger partial charge in [0, 0.05) is 11.1 Å². The molecule has 0 fully saturated rings. The van der Waals surface area contributed by atoms with E-state index in [4.69, 9.17) is 9.73 Å². The smallest absolute Gasteiger partial charge is 0.331 e. The standard InChI is InChI=1S/C27H37NO2/c1-5-6-7-8-9-16-21-24(26(29)30-27(2,3)4)28-25(22-17-12-10-13-18-22)23-19-14-11-15-20-23/h10-15,17-20,24H,5-9,16,21H2,1-4H3/t24-/m1/s1. The molecule has 2 rings (SSSR count). The largest absolute Gasteiger partial charge is 0.458 e. The molecule has 2 aromatic carbocycles. The Kier molecular flexibility index (Phi) is 9.79. The molecule has 0 bridgehead atoms. The average Bonchev–Trinajstić information content (AvgIpc) is 2.72. The maximum absolute atomic E-state index is 13.0. The normalized spacial score (nSPS) is 12.3. The van der Waals surface area contributed by atoms with E-state index >= 15 is 0 Å². The molecular formula is C27H37NO2. The molecule has 0 saturated carbocycles. The van der Waals surface area contributed by atoms with Crippen LogP contribution in [0.1, 0.15) is 83.8 Å². The summed E-state index contributed by atoms with van der Waals surface area (Å²) in [5.41, 5.74) is 2.35. The molecule has 3 heteroatoms. The maximum Gasteiger partial charge on any atom is 0.331 e. The fourth-order valence-corrected chi connectivity index (χ4v) is 3.39. The Hall–Kier alpha value is -2.42. The first kappa shape index (κ1) is 23.9. The lowest BCUT2D eigenvalue weighted by Crippen LogP contribution is -2.31. The van der Waals surface area contributed by atoms with Crippen LogP contribution in [-0.2, 0) is 9.53 Å². The molecule has 0 heterocycles. The minimum Gasteiger partial charge on any atom is -0.458 e. The molecule has 0 unspecified atom stereocenters. The van der Waals surface area contributed by atoms with Gasteiger partial charge in [-0.3, -0.25) is 4.99 Å². The van der Waals surface area contributed by atoms with Crippen molar-refractivity contribution in [1.82, 2.24) is 0 Å². The van der Waals surface area contributed by atoms with Crippen LogP contribution in [-0.4, -0.2) is 23.3 Å². The molecule has 162 valence electrons. The van der Waals surface area contributed by atoms with Gasteiger partial charge in [0.1, 0.15) is 11.6 Å². The van der Waals surface area contributed by atoms with Crippen LogP contribution in [0.25, 0.3) is 0 Å². The number of rotatable bonds is 11. The summed E-state index contributed by atoms with van der Waals surface area (Å²) >= 11 is 0. The minimum absolute atomic E-state index is 0.236. The number of benzene rings is 2. The lowest BCUT2D eigenvalue weighted by molar-refractivity contribution is -0.156. The number of esters is 1. The monoisotopic (exact) mass is 407 g/mol. The summed E-state index contributed by atoms with van der Waals surface area (Å²) in [7, 11) is 0. The second-order valence-corrected chi connectivity index (χ2v) is 8.82. The molecular weight excluding hydrogens is 370 g/mol. The first-order chi connectivity index (χ1) is 14.4. The van der Waals surface area contributed by atoms with Crippen molar-refractivity contribution in [3.63, 3.8) is 0 Å². The number of carbonyl (C=O) groups excluding carboxylic acids is 1. The van der Waals surface area contributed by atoms with Crippen LogP contribution in [0, 0.1) is 0 Å². The first-order valence-corrected chi connectivity index (χ1v) is 11.3. The highest BCUT2D eigenvalue weighted by Gasteiger charge is 2.25. The Balaban J connectivity index is 2.27. The van der Waals surface area contributed by atoms with E-state index in [1.807, 2.05) is 81.4 Å². The van der Waals surface area contributed by atoms with Crippen molar-refractivity contribution >= 4 is 11.7 Å². The van der Waals surface area contributed by atoms with Crippen LogP contribution >= 0.6 is 0 Å². The topological polar surface area (TPSA) is 38.7 Å². The predicted octanol–water partition coefficient (Wildman–Crippen LogP) is 6.98. The van der Waals surface area contributed by atoms with Crippen LogP contribution in [0.15, 0.2) is 65.7 Å². The maximum atomic E-state index is 13.0. The van der Waals surface area contributed by atoms with Gasteiger partial charge in [-0.2, -0.15) is 0 Å². The molecule has 0 saturated heterocycles. The molecule has 1 atom stereocenters. The van der Waals surface area contributed by atoms with E-state index in [1.54, 1.807) is 0 Å². The van der Waals surface area contributed by atoms with Crippen molar-refractivity contribution in [2.75, 3.05) is 0 Å². The molecule has 0 N–H and O–H groups in total. The van der Waals surface area contributed by atoms with E-state index in [2.05, 4.69) is 6.92 Å². The minimum atomic E-state index is -0.522. The molecule has 0 aromatic heterocycles. The second kappa shape index (κ2) is 12.3. The van der Waals surface area contributed by atoms with E-state index < -0.39 is 11.6 Å². The van der Waals surface area contributed by atoms with Crippen LogP contribution in [0.4, 0.5) is 0 Å². The third-order valence-corrected chi connectivity index (χ3v) is 4.89. The van der Waals surface area contributed by atoms with Crippen molar-refractivity contribution in [1.29, 1.82) is 0 Å². The number of hydrogen-bond acceptors (Lipinski definition) is 3. The van der Waals surface area contributed by atoms with Crippen molar-refractivity contribution in [2.24, 2.45) is 4.99 Å². The molecule has 2 aromatic rings. The summed E-state index contributed by atoms with van der Waals surface area (Å²) in [5.74, 6) is -0.236. The Morgan fingerprint density at radius 2 is 1.33 bits per heavy atom. The lowest BCUT2D eigenvalue weighted by atomic mass is 10.0. The van der Waals surface area contributed by atoms with E-state index in [0.29, 0.717) is 6.42 Å². The molecule has 0 amide bonds. The van der Waals surface area contributed by atoms with Gasteiger partial charge >= 0.3 is 5.97 Å². The van der Waals surface area contributed by atoms with Crippen molar-refractivity contribution in [3.8, 4) is 0 Å². The van der Waals surface area contributed by atoms with E-state index in [9.17, 15) is 4.79 Å². The highest BCUT2D eigenvalue weighted by Crippen LogP contribution is 2.19. The summed E-state index contributed by atoms with van der Waals surface area (Å²) in [6.45, 7) is 7.95. The van der Waals surface area contributed by atoms with E-state index in [0.717, 1.165) is 29.7 Å². The van der Waals surface area contributed by atoms with Gasteiger partial charge < -0.3 is 4.74 Å². The molecule has 30 heavy (non-hydrogen) atoms. The van der Waals surface area contributed by atoms with Gasteiger partial charge in [0.15, 0.2) is 0 Å². The first-order valence-electron chi connectivity index (χ1n) is 11.3. The summed E-state index contributed by atoms with van der Waals surface area (Å²) < 4.78 is 5.72. The van der Waals surface area contributed by atoms with Crippen LogP contribution in [0.5, 0.6) is 0 Å². The second-order valence-electron chi connectivity index (χ2n) is 8.82. The Labute approximate surface area is 182 Å². The molecule has 3 nitrogen and oxygen atoms in total. The van der Waals surface area contributed by atoms with Crippen LogP contribution in [0.3, 0.4) is 0 Å². The fourth-order valence-electron chi connectivity index (χ4n) is 3.39. The van der Waals surface area contributed by atoms with E-state index in [1.165, 1.54) is 25.7 Å². The molecule has 0 aliphatic carbocycles. The Morgan fingerprint density at radius 3 is 1.83 bits per heavy atom.